The van der Waals surface area contributed by atoms with Crippen LogP contribution in [0.4, 0.5) is 0 Å². The van der Waals surface area contributed by atoms with Gasteiger partial charge in [-0.05, 0) is 19.9 Å². The molecule has 3 heterocycles. The van der Waals surface area contributed by atoms with E-state index < -0.39 is 10.0 Å². The minimum Gasteiger partial charge on any atom is -0.336 e. The molecule has 0 N–H and O–H groups in total. The molecule has 0 bridgehead atoms. The number of nitrogens with zero attached hydrogens (tertiary/aromatic N) is 4. The SMILES string of the molecule is Cc1cc(C(=O)N2CCN(S(C)(=O)=O)CC2)c(C)n1-c1nccs1. The van der Waals surface area contributed by atoms with E-state index in [0.29, 0.717) is 31.7 Å². The summed E-state index contributed by atoms with van der Waals surface area (Å²) in [6.07, 6.45) is 2.94. The molecule has 0 radical (unpaired) electrons. The van der Waals surface area contributed by atoms with E-state index in [0.717, 1.165) is 16.5 Å². The van der Waals surface area contributed by atoms with Crippen molar-refractivity contribution in [1.29, 1.82) is 0 Å². The number of hydrogen-bond donors (Lipinski definition) is 0. The summed E-state index contributed by atoms with van der Waals surface area (Å²) in [5.74, 6) is -0.0564. The van der Waals surface area contributed by atoms with E-state index in [4.69, 9.17) is 0 Å². The third kappa shape index (κ3) is 3.11. The van der Waals surface area contributed by atoms with Crippen molar-refractivity contribution in [3.63, 3.8) is 0 Å². The van der Waals surface area contributed by atoms with Crippen LogP contribution in [-0.4, -0.2) is 65.5 Å². The highest BCUT2D eigenvalue weighted by Gasteiger charge is 2.28. The minimum atomic E-state index is -3.20. The Morgan fingerprint density at radius 2 is 1.88 bits per heavy atom. The Bertz CT molecular complexity index is 848. The number of rotatable bonds is 3. The fraction of sp³-hybridized carbons (Fsp3) is 0.467. The highest BCUT2D eigenvalue weighted by molar-refractivity contribution is 7.88. The number of carbonyl (C=O) groups is 1. The maximum atomic E-state index is 12.8. The summed E-state index contributed by atoms with van der Waals surface area (Å²) in [4.78, 5) is 18.9. The highest BCUT2D eigenvalue weighted by Crippen LogP contribution is 2.23. The molecular formula is C15H20N4O3S2. The van der Waals surface area contributed by atoms with Crippen molar-refractivity contribution < 1.29 is 13.2 Å². The molecule has 24 heavy (non-hydrogen) atoms. The summed E-state index contributed by atoms with van der Waals surface area (Å²) < 4.78 is 26.5. The second kappa shape index (κ2) is 6.30. The predicted octanol–water partition coefficient (Wildman–Crippen LogP) is 1.27. The van der Waals surface area contributed by atoms with Crippen LogP contribution in [0, 0.1) is 13.8 Å². The Labute approximate surface area is 145 Å². The molecule has 0 spiro atoms. The van der Waals surface area contributed by atoms with Gasteiger partial charge >= 0.3 is 0 Å². The Morgan fingerprint density at radius 3 is 2.42 bits per heavy atom. The molecule has 0 unspecified atom stereocenters. The van der Waals surface area contributed by atoms with Crippen molar-refractivity contribution >= 4 is 27.3 Å². The van der Waals surface area contributed by atoms with E-state index in [9.17, 15) is 13.2 Å². The molecule has 2 aromatic heterocycles. The Morgan fingerprint density at radius 1 is 1.21 bits per heavy atom. The van der Waals surface area contributed by atoms with Crippen molar-refractivity contribution in [3.05, 3.63) is 34.6 Å². The van der Waals surface area contributed by atoms with E-state index in [-0.39, 0.29) is 5.91 Å². The van der Waals surface area contributed by atoms with Crippen molar-refractivity contribution in [2.75, 3.05) is 32.4 Å². The minimum absolute atomic E-state index is 0.0564. The standard InChI is InChI=1S/C15H20N4O3S2/c1-11-10-13(12(2)19(11)15-16-4-9-23-15)14(20)17-5-7-18(8-6-17)24(3,21)22/h4,9-10H,5-8H2,1-3H3. The largest absolute Gasteiger partial charge is 0.336 e. The van der Waals surface area contributed by atoms with Crippen LogP contribution in [-0.2, 0) is 10.0 Å². The average Bonchev–Trinajstić information content (AvgIpc) is 3.14. The zero-order valence-electron chi connectivity index (χ0n) is 13.9. The van der Waals surface area contributed by atoms with E-state index in [1.54, 1.807) is 11.1 Å². The summed E-state index contributed by atoms with van der Waals surface area (Å²) >= 11 is 1.52. The van der Waals surface area contributed by atoms with Gasteiger partial charge in [0.05, 0.1) is 11.8 Å². The van der Waals surface area contributed by atoms with Gasteiger partial charge in [-0.3, -0.25) is 9.36 Å². The number of carbonyl (C=O) groups excluding carboxylic acids is 1. The van der Waals surface area contributed by atoms with Gasteiger partial charge in [0.25, 0.3) is 5.91 Å². The van der Waals surface area contributed by atoms with E-state index >= 15 is 0 Å². The van der Waals surface area contributed by atoms with Crippen LogP contribution in [0.3, 0.4) is 0 Å². The molecule has 7 nitrogen and oxygen atoms in total. The topological polar surface area (TPSA) is 75.5 Å². The first kappa shape index (κ1) is 17.1. The molecule has 0 aliphatic carbocycles. The van der Waals surface area contributed by atoms with Crippen LogP contribution in [0.25, 0.3) is 5.13 Å². The molecule has 1 amide bonds. The van der Waals surface area contributed by atoms with Gasteiger partial charge in [-0.1, -0.05) is 0 Å². The lowest BCUT2D eigenvalue weighted by molar-refractivity contribution is 0.0697. The number of thiazole rings is 1. The summed E-state index contributed by atoms with van der Waals surface area (Å²) in [6.45, 7) is 5.37. The first-order chi connectivity index (χ1) is 11.3. The first-order valence-electron chi connectivity index (χ1n) is 7.62. The lowest BCUT2D eigenvalue weighted by atomic mass is 10.2. The number of hydrogen-bond acceptors (Lipinski definition) is 5. The normalized spacial score (nSPS) is 16.5. The van der Waals surface area contributed by atoms with Crippen LogP contribution in [0.5, 0.6) is 0 Å². The fourth-order valence-electron chi connectivity index (χ4n) is 2.99. The molecule has 9 heteroatoms. The first-order valence-corrected chi connectivity index (χ1v) is 10.3. The van der Waals surface area contributed by atoms with Gasteiger partial charge in [-0.25, -0.2) is 13.4 Å². The summed E-state index contributed by atoms with van der Waals surface area (Å²) in [5.41, 5.74) is 2.47. The second-order valence-electron chi connectivity index (χ2n) is 5.89. The second-order valence-corrected chi connectivity index (χ2v) is 8.74. The van der Waals surface area contributed by atoms with Gasteiger partial charge in [0.1, 0.15) is 0 Å². The van der Waals surface area contributed by atoms with Crippen molar-refractivity contribution in [2.45, 2.75) is 13.8 Å². The molecule has 1 aliphatic rings. The number of piperazine rings is 1. The summed E-state index contributed by atoms with van der Waals surface area (Å²) in [5, 5.41) is 2.74. The quantitative estimate of drug-likeness (QED) is 0.818. The monoisotopic (exact) mass is 368 g/mol. The molecule has 2 aromatic rings. The summed E-state index contributed by atoms with van der Waals surface area (Å²) in [6, 6.07) is 1.88. The van der Waals surface area contributed by atoms with Gasteiger partial charge in [0.15, 0.2) is 5.13 Å². The predicted molar refractivity (Wildman–Crippen MR) is 93.2 cm³/mol. The maximum Gasteiger partial charge on any atom is 0.255 e. The zero-order valence-corrected chi connectivity index (χ0v) is 15.5. The third-order valence-electron chi connectivity index (χ3n) is 4.27. The lowest BCUT2D eigenvalue weighted by Crippen LogP contribution is -2.50. The lowest BCUT2D eigenvalue weighted by Gasteiger charge is -2.33. The molecule has 0 saturated carbocycles. The number of sulfonamides is 1. The number of amides is 1. The Hall–Kier alpha value is -1.71. The molecule has 130 valence electrons. The van der Waals surface area contributed by atoms with Crippen LogP contribution in [0.1, 0.15) is 21.7 Å². The van der Waals surface area contributed by atoms with Gasteiger partial charge in [0, 0.05) is 49.1 Å². The summed E-state index contributed by atoms with van der Waals surface area (Å²) in [7, 11) is -3.20. The number of aromatic nitrogens is 2. The van der Waals surface area contributed by atoms with Gasteiger partial charge < -0.3 is 4.90 Å². The van der Waals surface area contributed by atoms with Crippen molar-refractivity contribution in [1.82, 2.24) is 18.8 Å². The van der Waals surface area contributed by atoms with Gasteiger partial charge in [-0.2, -0.15) is 4.31 Å². The van der Waals surface area contributed by atoms with Crippen molar-refractivity contribution in [3.8, 4) is 5.13 Å². The molecule has 1 fully saturated rings. The zero-order chi connectivity index (χ0) is 17.5. The van der Waals surface area contributed by atoms with Gasteiger partial charge in [-0.15, -0.1) is 11.3 Å². The third-order valence-corrected chi connectivity index (χ3v) is 6.33. The highest BCUT2D eigenvalue weighted by atomic mass is 32.2. The van der Waals surface area contributed by atoms with Crippen LogP contribution in [0.15, 0.2) is 17.6 Å². The van der Waals surface area contributed by atoms with E-state index in [2.05, 4.69) is 4.98 Å². The Kier molecular flexibility index (Phi) is 4.50. The molecule has 0 atom stereocenters. The molecule has 0 aromatic carbocycles. The smallest absolute Gasteiger partial charge is 0.255 e. The van der Waals surface area contributed by atoms with Crippen LogP contribution < -0.4 is 0 Å². The number of aryl methyl sites for hydroxylation is 1. The molecule has 1 aliphatic heterocycles. The molecule has 1 saturated heterocycles. The molecular weight excluding hydrogens is 348 g/mol. The maximum absolute atomic E-state index is 12.8. The Balaban J connectivity index is 1.81. The fourth-order valence-corrected chi connectivity index (χ4v) is 4.57. The van der Waals surface area contributed by atoms with E-state index in [1.165, 1.54) is 21.9 Å². The molecule has 3 rings (SSSR count). The average molecular weight is 368 g/mol. The van der Waals surface area contributed by atoms with Crippen LogP contribution >= 0.6 is 11.3 Å². The van der Waals surface area contributed by atoms with E-state index in [1.807, 2.05) is 29.9 Å². The van der Waals surface area contributed by atoms with Gasteiger partial charge in [0.2, 0.25) is 10.0 Å². The van der Waals surface area contributed by atoms with Crippen molar-refractivity contribution in [2.24, 2.45) is 0 Å². The van der Waals surface area contributed by atoms with Crippen LogP contribution in [0.2, 0.25) is 0 Å².